The molecule has 2 fully saturated rings. The molecule has 7 nitrogen and oxygen atoms in total. The van der Waals surface area contributed by atoms with Gasteiger partial charge >= 0.3 is 0 Å². The zero-order valence-electron chi connectivity index (χ0n) is 15.6. The van der Waals surface area contributed by atoms with Gasteiger partial charge in [-0.1, -0.05) is 0 Å². The number of carbonyl (C=O) groups is 2. The summed E-state index contributed by atoms with van der Waals surface area (Å²) in [6.07, 6.45) is 4.71. The van der Waals surface area contributed by atoms with Gasteiger partial charge in [0.2, 0.25) is 5.91 Å². The molecule has 3 rings (SSSR count). The van der Waals surface area contributed by atoms with Crippen LogP contribution in [0.25, 0.3) is 0 Å². The quantitative estimate of drug-likeness (QED) is 0.840. The molecule has 26 heavy (non-hydrogen) atoms. The molecule has 0 saturated carbocycles. The van der Waals surface area contributed by atoms with Crippen LogP contribution in [-0.2, 0) is 9.53 Å². The van der Waals surface area contributed by atoms with E-state index in [0.29, 0.717) is 38.1 Å². The maximum absolute atomic E-state index is 12.7. The fourth-order valence-electron chi connectivity index (χ4n) is 3.81. The average Bonchev–Trinajstić information content (AvgIpc) is 3.01. The van der Waals surface area contributed by atoms with Gasteiger partial charge in [-0.25, -0.2) is 0 Å². The molecule has 0 aromatic carbocycles. The highest BCUT2D eigenvalue weighted by Crippen LogP contribution is 2.20. The largest absolute Gasteiger partial charge is 0.375 e. The number of hydrogen-bond donors (Lipinski definition) is 1. The van der Waals surface area contributed by atoms with E-state index in [0.717, 1.165) is 13.1 Å². The van der Waals surface area contributed by atoms with Gasteiger partial charge in [0.25, 0.3) is 5.91 Å². The van der Waals surface area contributed by atoms with Crippen LogP contribution >= 0.6 is 0 Å². The number of amides is 2. The lowest BCUT2D eigenvalue weighted by atomic mass is 9.95. The Hall–Kier alpha value is -1.99. The van der Waals surface area contributed by atoms with E-state index in [1.54, 1.807) is 24.5 Å². The molecule has 3 heterocycles. The summed E-state index contributed by atoms with van der Waals surface area (Å²) < 4.78 is 5.76. The molecule has 0 aliphatic carbocycles. The van der Waals surface area contributed by atoms with Crippen molar-refractivity contribution in [2.75, 3.05) is 39.8 Å². The van der Waals surface area contributed by atoms with Gasteiger partial charge in [0, 0.05) is 56.7 Å². The predicted octanol–water partition coefficient (Wildman–Crippen LogP) is 0.769. The molecule has 2 aliphatic heterocycles. The molecular formula is C19H28N4O3. The maximum atomic E-state index is 12.7. The van der Waals surface area contributed by atoms with E-state index in [2.05, 4.69) is 15.2 Å². The van der Waals surface area contributed by atoms with E-state index in [9.17, 15) is 9.59 Å². The van der Waals surface area contributed by atoms with Crippen molar-refractivity contribution in [2.24, 2.45) is 5.92 Å². The van der Waals surface area contributed by atoms with Gasteiger partial charge in [0.15, 0.2) is 0 Å². The molecule has 0 spiro atoms. The molecule has 1 aromatic rings. The Morgan fingerprint density at radius 2 is 1.92 bits per heavy atom. The molecule has 2 aliphatic rings. The van der Waals surface area contributed by atoms with Crippen LogP contribution in [0.5, 0.6) is 0 Å². The smallest absolute Gasteiger partial charge is 0.253 e. The van der Waals surface area contributed by atoms with E-state index in [4.69, 9.17) is 4.74 Å². The normalized spacial score (nSPS) is 24.6. The fourth-order valence-corrected chi connectivity index (χ4v) is 3.81. The van der Waals surface area contributed by atoms with Gasteiger partial charge < -0.3 is 19.9 Å². The lowest BCUT2D eigenvalue weighted by Crippen LogP contribution is -2.49. The molecular weight excluding hydrogens is 332 g/mol. The zero-order valence-corrected chi connectivity index (χ0v) is 15.6. The first-order valence-corrected chi connectivity index (χ1v) is 9.38. The number of likely N-dealkylation sites (tertiary alicyclic amines) is 2. The Kier molecular flexibility index (Phi) is 6.21. The van der Waals surface area contributed by atoms with Crippen LogP contribution in [0.4, 0.5) is 0 Å². The van der Waals surface area contributed by atoms with Gasteiger partial charge in [0.1, 0.15) is 0 Å². The summed E-state index contributed by atoms with van der Waals surface area (Å²) in [5.41, 5.74) is 0.649. The summed E-state index contributed by atoms with van der Waals surface area (Å²) >= 11 is 0. The summed E-state index contributed by atoms with van der Waals surface area (Å²) in [6, 6.07) is 3.50. The number of nitrogens with zero attached hydrogens (tertiary/aromatic N) is 3. The van der Waals surface area contributed by atoms with Gasteiger partial charge in [-0.3, -0.25) is 14.6 Å². The number of pyridine rings is 1. The van der Waals surface area contributed by atoms with Gasteiger partial charge in [-0.05, 0) is 38.9 Å². The van der Waals surface area contributed by atoms with Gasteiger partial charge in [0.05, 0.1) is 12.1 Å². The lowest BCUT2D eigenvalue weighted by Gasteiger charge is -2.32. The van der Waals surface area contributed by atoms with Crippen LogP contribution in [0.15, 0.2) is 24.5 Å². The number of aromatic nitrogens is 1. The maximum Gasteiger partial charge on any atom is 0.253 e. The monoisotopic (exact) mass is 360 g/mol. The molecule has 0 radical (unpaired) electrons. The molecule has 2 atom stereocenters. The first-order valence-electron chi connectivity index (χ1n) is 9.38. The van der Waals surface area contributed by atoms with Crippen LogP contribution in [0, 0.1) is 5.92 Å². The molecule has 2 saturated heterocycles. The molecule has 0 unspecified atom stereocenters. The topological polar surface area (TPSA) is 74.8 Å². The zero-order chi connectivity index (χ0) is 18.5. The van der Waals surface area contributed by atoms with Crippen molar-refractivity contribution in [3.8, 4) is 0 Å². The SMILES string of the molecule is CCO[C@H]1CN(C)C[C@@H]1NC(=O)C1CCN(C(=O)c2ccncc2)CC1. The number of ether oxygens (including phenoxy) is 1. The van der Waals surface area contributed by atoms with Crippen molar-refractivity contribution in [2.45, 2.75) is 31.9 Å². The number of piperidine rings is 1. The standard InChI is InChI=1S/C19H28N4O3/c1-3-26-17-13-22(2)12-16(17)21-18(24)14-6-10-23(11-7-14)19(25)15-4-8-20-9-5-15/h4-5,8-9,14,16-17H,3,6-7,10-13H2,1-2H3,(H,21,24)/t16-,17-/m0/s1. The minimum absolute atomic E-state index is 0.0140. The van der Waals surface area contributed by atoms with E-state index >= 15 is 0 Å². The predicted molar refractivity (Wildman–Crippen MR) is 97.7 cm³/mol. The van der Waals surface area contributed by atoms with Crippen molar-refractivity contribution in [3.63, 3.8) is 0 Å². The Balaban J connectivity index is 1.50. The number of nitrogens with one attached hydrogen (secondary N) is 1. The molecule has 142 valence electrons. The Morgan fingerprint density at radius 3 is 2.58 bits per heavy atom. The summed E-state index contributed by atoms with van der Waals surface area (Å²) in [4.78, 5) is 33.1. The third-order valence-electron chi connectivity index (χ3n) is 5.24. The van der Waals surface area contributed by atoms with E-state index < -0.39 is 0 Å². The van der Waals surface area contributed by atoms with E-state index in [1.165, 1.54) is 0 Å². The summed E-state index contributed by atoms with van der Waals surface area (Å²) in [7, 11) is 2.04. The third-order valence-corrected chi connectivity index (χ3v) is 5.24. The second kappa shape index (κ2) is 8.60. The highest BCUT2D eigenvalue weighted by Gasteiger charge is 2.35. The first kappa shape index (κ1) is 18.8. The fraction of sp³-hybridized carbons (Fsp3) is 0.632. The summed E-state index contributed by atoms with van der Waals surface area (Å²) in [5.74, 6) is 0.0655. The van der Waals surface area contributed by atoms with Crippen molar-refractivity contribution < 1.29 is 14.3 Å². The number of carbonyl (C=O) groups excluding carboxylic acids is 2. The highest BCUT2D eigenvalue weighted by molar-refractivity contribution is 5.94. The van der Waals surface area contributed by atoms with Crippen LogP contribution < -0.4 is 5.32 Å². The molecule has 7 heteroatoms. The number of likely N-dealkylation sites (N-methyl/N-ethyl adjacent to an activating group) is 1. The Morgan fingerprint density at radius 1 is 1.23 bits per heavy atom. The van der Waals surface area contributed by atoms with Crippen LogP contribution in [0.1, 0.15) is 30.1 Å². The minimum Gasteiger partial charge on any atom is -0.375 e. The van der Waals surface area contributed by atoms with E-state index in [-0.39, 0.29) is 29.9 Å². The van der Waals surface area contributed by atoms with Crippen LogP contribution in [0.2, 0.25) is 0 Å². The molecule has 0 bridgehead atoms. The lowest BCUT2D eigenvalue weighted by molar-refractivity contribution is -0.127. The summed E-state index contributed by atoms with van der Waals surface area (Å²) in [5, 5.41) is 3.17. The number of hydrogen-bond acceptors (Lipinski definition) is 5. The average molecular weight is 360 g/mol. The molecule has 1 N–H and O–H groups in total. The second-order valence-corrected chi connectivity index (χ2v) is 7.13. The van der Waals surface area contributed by atoms with Crippen LogP contribution in [-0.4, -0.2) is 78.6 Å². The Labute approximate surface area is 154 Å². The third kappa shape index (κ3) is 4.40. The van der Waals surface area contributed by atoms with Crippen molar-refractivity contribution in [3.05, 3.63) is 30.1 Å². The van der Waals surface area contributed by atoms with Gasteiger partial charge in [-0.2, -0.15) is 0 Å². The number of rotatable bonds is 5. The molecule has 2 amide bonds. The van der Waals surface area contributed by atoms with Crippen molar-refractivity contribution >= 4 is 11.8 Å². The second-order valence-electron chi connectivity index (χ2n) is 7.13. The van der Waals surface area contributed by atoms with E-state index in [1.807, 2.05) is 18.9 Å². The highest BCUT2D eigenvalue weighted by atomic mass is 16.5. The summed E-state index contributed by atoms with van der Waals surface area (Å²) in [6.45, 7) is 5.51. The first-order chi connectivity index (χ1) is 12.6. The molecule has 1 aromatic heterocycles. The van der Waals surface area contributed by atoms with Crippen molar-refractivity contribution in [1.82, 2.24) is 20.1 Å². The Bertz CT molecular complexity index is 616. The van der Waals surface area contributed by atoms with Crippen molar-refractivity contribution in [1.29, 1.82) is 0 Å². The van der Waals surface area contributed by atoms with Gasteiger partial charge in [-0.15, -0.1) is 0 Å². The minimum atomic E-state index is -0.0373. The van der Waals surface area contributed by atoms with Crippen LogP contribution in [0.3, 0.4) is 0 Å².